The van der Waals surface area contributed by atoms with Crippen LogP contribution in [0.15, 0.2) is 40.9 Å². The molecule has 92 valence electrons. The lowest BCUT2D eigenvalue weighted by Gasteiger charge is -2.15. The Kier molecular flexibility index (Phi) is 3.08. The predicted octanol–water partition coefficient (Wildman–Crippen LogP) is 3.84. The maximum absolute atomic E-state index is 12.3. The molecule has 1 saturated heterocycles. The van der Waals surface area contributed by atoms with Gasteiger partial charge in [0.1, 0.15) is 0 Å². The average Bonchev–Trinajstić information content (AvgIpc) is 2.91. The van der Waals surface area contributed by atoms with Crippen LogP contribution in [0.2, 0.25) is 0 Å². The fourth-order valence-electron chi connectivity index (χ4n) is 2.48. The molecular formula is C15H14BrNO. The Labute approximate surface area is 115 Å². The van der Waals surface area contributed by atoms with Gasteiger partial charge in [0.15, 0.2) is 0 Å². The Balaban J connectivity index is 2.00. The molecule has 2 aromatic rings. The smallest absolute Gasteiger partial charge is 0.253 e. The highest BCUT2D eigenvalue weighted by Gasteiger charge is 2.19. The van der Waals surface area contributed by atoms with Crippen LogP contribution >= 0.6 is 15.9 Å². The molecule has 1 fully saturated rings. The van der Waals surface area contributed by atoms with Crippen molar-refractivity contribution in [3.63, 3.8) is 0 Å². The average molecular weight is 304 g/mol. The highest BCUT2D eigenvalue weighted by Crippen LogP contribution is 2.25. The maximum Gasteiger partial charge on any atom is 0.253 e. The summed E-state index contributed by atoms with van der Waals surface area (Å²) >= 11 is 3.53. The first-order valence-corrected chi connectivity index (χ1v) is 7.02. The molecule has 3 heteroatoms. The van der Waals surface area contributed by atoms with Crippen molar-refractivity contribution in [3.8, 4) is 0 Å². The highest BCUT2D eigenvalue weighted by molar-refractivity contribution is 9.10. The summed E-state index contributed by atoms with van der Waals surface area (Å²) in [4.78, 5) is 14.2. The molecule has 0 saturated carbocycles. The fraction of sp³-hybridized carbons (Fsp3) is 0.267. The zero-order valence-corrected chi connectivity index (χ0v) is 11.6. The molecule has 2 aromatic carbocycles. The van der Waals surface area contributed by atoms with E-state index in [1.165, 1.54) is 0 Å². The van der Waals surface area contributed by atoms with E-state index in [1.54, 1.807) is 0 Å². The third-order valence-corrected chi connectivity index (χ3v) is 4.16. The van der Waals surface area contributed by atoms with Crippen LogP contribution in [0.5, 0.6) is 0 Å². The lowest BCUT2D eigenvalue weighted by atomic mass is 10.1. The second-order valence-electron chi connectivity index (χ2n) is 4.68. The first kappa shape index (κ1) is 11.7. The third kappa shape index (κ3) is 2.03. The summed E-state index contributed by atoms with van der Waals surface area (Å²) in [6.45, 7) is 1.80. The van der Waals surface area contributed by atoms with Crippen LogP contribution in [0.3, 0.4) is 0 Å². The van der Waals surface area contributed by atoms with Gasteiger partial charge in [-0.05, 0) is 41.8 Å². The summed E-state index contributed by atoms with van der Waals surface area (Å²) in [5.41, 5.74) is 0.794. The maximum atomic E-state index is 12.3. The van der Waals surface area contributed by atoms with Gasteiger partial charge in [-0.25, -0.2) is 0 Å². The number of benzene rings is 2. The molecule has 1 aliphatic heterocycles. The van der Waals surface area contributed by atoms with Crippen LogP contribution in [0, 0.1) is 0 Å². The van der Waals surface area contributed by atoms with Gasteiger partial charge in [-0.1, -0.05) is 34.1 Å². The van der Waals surface area contributed by atoms with E-state index in [1.807, 2.05) is 41.3 Å². The molecule has 0 unspecified atom stereocenters. The van der Waals surface area contributed by atoms with E-state index in [-0.39, 0.29) is 5.91 Å². The zero-order valence-electron chi connectivity index (χ0n) is 10.0. The fourth-order valence-corrected chi connectivity index (χ4v) is 2.99. The molecule has 0 bridgehead atoms. The van der Waals surface area contributed by atoms with Gasteiger partial charge in [0.2, 0.25) is 0 Å². The molecule has 0 aliphatic carbocycles. The summed E-state index contributed by atoms with van der Waals surface area (Å²) in [7, 11) is 0. The lowest BCUT2D eigenvalue weighted by Crippen LogP contribution is -2.27. The van der Waals surface area contributed by atoms with Crippen molar-refractivity contribution in [2.24, 2.45) is 0 Å². The van der Waals surface area contributed by atoms with Crippen molar-refractivity contribution < 1.29 is 4.79 Å². The number of carbonyl (C=O) groups excluding carboxylic acids is 1. The number of hydrogen-bond acceptors (Lipinski definition) is 1. The van der Waals surface area contributed by atoms with E-state index in [0.717, 1.165) is 46.7 Å². The number of hydrogen-bond donors (Lipinski definition) is 0. The van der Waals surface area contributed by atoms with Crippen LogP contribution < -0.4 is 0 Å². The minimum absolute atomic E-state index is 0.161. The number of likely N-dealkylation sites (tertiary alicyclic amines) is 1. The number of carbonyl (C=O) groups is 1. The topological polar surface area (TPSA) is 20.3 Å². The number of rotatable bonds is 1. The van der Waals surface area contributed by atoms with Gasteiger partial charge in [-0.2, -0.15) is 0 Å². The molecule has 0 atom stereocenters. The van der Waals surface area contributed by atoms with Gasteiger partial charge in [0.05, 0.1) is 0 Å². The molecule has 0 radical (unpaired) electrons. The summed E-state index contributed by atoms with van der Waals surface area (Å²) in [5.74, 6) is 0.161. The summed E-state index contributed by atoms with van der Waals surface area (Å²) < 4.78 is 1.07. The van der Waals surface area contributed by atoms with Crippen molar-refractivity contribution in [1.82, 2.24) is 4.90 Å². The molecule has 0 aromatic heterocycles. The van der Waals surface area contributed by atoms with Crippen LogP contribution in [0.25, 0.3) is 10.8 Å². The number of amides is 1. The van der Waals surface area contributed by atoms with Gasteiger partial charge in [0.25, 0.3) is 5.91 Å². The number of fused-ring (bicyclic) bond motifs is 1. The predicted molar refractivity (Wildman–Crippen MR) is 76.8 cm³/mol. The first-order valence-electron chi connectivity index (χ1n) is 6.23. The molecule has 18 heavy (non-hydrogen) atoms. The van der Waals surface area contributed by atoms with E-state index < -0.39 is 0 Å². The van der Waals surface area contributed by atoms with Crippen LogP contribution in [-0.4, -0.2) is 23.9 Å². The van der Waals surface area contributed by atoms with Crippen molar-refractivity contribution >= 4 is 32.6 Å². The number of halogens is 1. The van der Waals surface area contributed by atoms with Crippen molar-refractivity contribution in [1.29, 1.82) is 0 Å². The monoisotopic (exact) mass is 303 g/mol. The van der Waals surface area contributed by atoms with E-state index in [2.05, 4.69) is 15.9 Å². The Hall–Kier alpha value is -1.35. The first-order chi connectivity index (χ1) is 8.75. The zero-order chi connectivity index (χ0) is 12.5. The second-order valence-corrected chi connectivity index (χ2v) is 5.53. The Morgan fingerprint density at radius 3 is 2.67 bits per heavy atom. The molecule has 3 rings (SSSR count). The van der Waals surface area contributed by atoms with Crippen molar-refractivity contribution in [2.45, 2.75) is 12.8 Å². The third-order valence-electron chi connectivity index (χ3n) is 3.47. The van der Waals surface area contributed by atoms with Gasteiger partial charge >= 0.3 is 0 Å². The van der Waals surface area contributed by atoms with E-state index in [0.29, 0.717) is 0 Å². The molecule has 1 heterocycles. The second kappa shape index (κ2) is 4.73. The standard InChI is InChI=1S/C15H14BrNO/c16-14-5-3-4-11-10-12(6-7-13(11)14)15(18)17-8-1-2-9-17/h3-7,10H,1-2,8-9H2. The van der Waals surface area contributed by atoms with Crippen LogP contribution in [-0.2, 0) is 0 Å². The van der Waals surface area contributed by atoms with E-state index in [4.69, 9.17) is 0 Å². The van der Waals surface area contributed by atoms with Crippen LogP contribution in [0.1, 0.15) is 23.2 Å². The number of nitrogens with zero attached hydrogens (tertiary/aromatic N) is 1. The van der Waals surface area contributed by atoms with E-state index >= 15 is 0 Å². The van der Waals surface area contributed by atoms with Crippen LogP contribution in [0.4, 0.5) is 0 Å². The molecule has 1 amide bonds. The summed E-state index contributed by atoms with van der Waals surface area (Å²) in [6, 6.07) is 12.0. The normalized spacial score (nSPS) is 15.3. The Morgan fingerprint density at radius 1 is 1.11 bits per heavy atom. The minimum Gasteiger partial charge on any atom is -0.339 e. The van der Waals surface area contributed by atoms with Gasteiger partial charge < -0.3 is 4.90 Å². The van der Waals surface area contributed by atoms with Gasteiger partial charge in [-0.15, -0.1) is 0 Å². The minimum atomic E-state index is 0.161. The van der Waals surface area contributed by atoms with Crippen molar-refractivity contribution in [2.75, 3.05) is 13.1 Å². The lowest BCUT2D eigenvalue weighted by molar-refractivity contribution is 0.0793. The summed E-state index contributed by atoms with van der Waals surface area (Å²) in [6.07, 6.45) is 2.26. The van der Waals surface area contributed by atoms with E-state index in [9.17, 15) is 4.79 Å². The van der Waals surface area contributed by atoms with Gasteiger partial charge in [0, 0.05) is 23.1 Å². The Morgan fingerprint density at radius 2 is 1.89 bits per heavy atom. The largest absolute Gasteiger partial charge is 0.339 e. The van der Waals surface area contributed by atoms with Gasteiger partial charge in [-0.3, -0.25) is 4.79 Å². The molecule has 2 nitrogen and oxygen atoms in total. The SMILES string of the molecule is O=C(c1ccc2c(Br)cccc2c1)N1CCCC1. The highest BCUT2D eigenvalue weighted by atomic mass is 79.9. The Bertz CT molecular complexity index is 602. The molecular weight excluding hydrogens is 290 g/mol. The van der Waals surface area contributed by atoms with Crippen molar-refractivity contribution in [3.05, 3.63) is 46.4 Å². The molecule has 0 N–H and O–H groups in total. The summed E-state index contributed by atoms with van der Waals surface area (Å²) in [5, 5.41) is 2.25. The molecule has 0 spiro atoms. The molecule has 1 aliphatic rings. The quantitative estimate of drug-likeness (QED) is 0.784.